The number of hydrogen-bond acceptors (Lipinski definition) is 10. The summed E-state index contributed by atoms with van der Waals surface area (Å²) >= 11 is 0. The first-order valence-electron chi connectivity index (χ1n) is 16.6. The van der Waals surface area contributed by atoms with Crippen LogP contribution in [0.15, 0.2) is 146 Å². The summed E-state index contributed by atoms with van der Waals surface area (Å²) in [6.07, 6.45) is -8.95. The normalized spacial score (nSPS) is 10.5. The van der Waals surface area contributed by atoms with Crippen molar-refractivity contribution < 1.29 is 81.0 Å². The van der Waals surface area contributed by atoms with Gasteiger partial charge in [0.2, 0.25) is 0 Å². The summed E-state index contributed by atoms with van der Waals surface area (Å²) in [5.74, 6) is -0.385. The molecule has 0 fully saturated rings. The SMILES string of the molecule is OB(O)c1ccc(C(F)(F)F)cc1.OB(O)c1ccc(F)cc1.OB(O)c1cccc2ccccc12.OB(O)c1ccccc1.OB(O)c1ccccc1C(F)(F)F. The third-order valence-electron chi connectivity index (χ3n) is 7.45. The van der Waals surface area contributed by atoms with Gasteiger partial charge in [-0.25, -0.2) is 4.39 Å². The Morgan fingerprint density at radius 2 is 0.741 bits per heavy atom. The molecule has 302 valence electrons. The van der Waals surface area contributed by atoms with Crippen LogP contribution in [-0.4, -0.2) is 85.8 Å². The number of fused-ring (bicyclic) bond motifs is 1. The van der Waals surface area contributed by atoms with E-state index in [-0.39, 0.29) is 11.3 Å². The standard InChI is InChI=1S/C10H9BO2.2C7H6BF3O2.C6H6BFO2.C6H7BO2/c12-11(13)10-7-3-5-8-4-1-2-6-9(8)10;9-7(10,11)5-1-3-6(4-2-5)8(12)13;9-7(10,11)5-3-1-2-4-6(5)8(12)13;8-6-3-1-5(2-4-6)7(9)10;8-7(9)6-4-2-1-3-5-6/h1-7,12-13H;2*1-4,12-13H;1-4,9-10H;1-5,8-9H. The number of alkyl halides is 6. The summed E-state index contributed by atoms with van der Waals surface area (Å²) in [6.45, 7) is 0. The maximum absolute atomic E-state index is 12.2. The van der Waals surface area contributed by atoms with Gasteiger partial charge in [-0.15, -0.1) is 0 Å². The molecular formula is C36H34B5F7O10. The minimum atomic E-state index is -4.56. The van der Waals surface area contributed by atoms with Crippen LogP contribution in [0, 0.1) is 5.82 Å². The minimum absolute atomic E-state index is 0.0352. The van der Waals surface area contributed by atoms with Crippen molar-refractivity contribution in [2.24, 2.45) is 0 Å². The molecule has 0 spiro atoms. The van der Waals surface area contributed by atoms with Gasteiger partial charge in [0.15, 0.2) is 0 Å². The van der Waals surface area contributed by atoms with E-state index in [9.17, 15) is 30.7 Å². The van der Waals surface area contributed by atoms with Crippen LogP contribution in [0.5, 0.6) is 0 Å². The van der Waals surface area contributed by atoms with Crippen LogP contribution in [0.3, 0.4) is 0 Å². The Kier molecular flexibility index (Phi) is 19.9. The molecule has 0 aromatic heterocycles. The van der Waals surface area contributed by atoms with Gasteiger partial charge in [-0.05, 0) is 50.2 Å². The van der Waals surface area contributed by atoms with Crippen molar-refractivity contribution in [3.05, 3.63) is 163 Å². The highest BCUT2D eigenvalue weighted by Crippen LogP contribution is 2.28. The van der Waals surface area contributed by atoms with E-state index in [1.807, 2.05) is 42.5 Å². The molecule has 0 radical (unpaired) electrons. The molecule has 58 heavy (non-hydrogen) atoms. The van der Waals surface area contributed by atoms with Crippen molar-refractivity contribution in [3.63, 3.8) is 0 Å². The van der Waals surface area contributed by atoms with E-state index in [1.54, 1.807) is 30.3 Å². The molecule has 0 saturated carbocycles. The molecule has 6 aromatic carbocycles. The third kappa shape index (κ3) is 16.9. The molecule has 0 saturated heterocycles. The van der Waals surface area contributed by atoms with E-state index in [1.165, 1.54) is 36.4 Å². The summed E-state index contributed by atoms with van der Waals surface area (Å²) in [5.41, 5.74) is -0.957. The fourth-order valence-corrected chi connectivity index (χ4v) is 4.56. The van der Waals surface area contributed by atoms with Crippen molar-refractivity contribution in [1.82, 2.24) is 0 Å². The monoisotopic (exact) mass is 814 g/mol. The summed E-state index contributed by atoms with van der Waals surface area (Å²) in [7, 11) is -8.09. The second-order valence-corrected chi connectivity index (χ2v) is 11.6. The Morgan fingerprint density at radius 3 is 1.17 bits per heavy atom. The van der Waals surface area contributed by atoms with E-state index < -0.39 is 64.5 Å². The molecule has 6 rings (SSSR count). The highest BCUT2D eigenvalue weighted by atomic mass is 19.4. The van der Waals surface area contributed by atoms with Crippen LogP contribution in [0.2, 0.25) is 0 Å². The van der Waals surface area contributed by atoms with Crippen LogP contribution >= 0.6 is 0 Å². The Hall–Kier alpha value is -4.99. The molecule has 0 heterocycles. The summed E-state index contributed by atoms with van der Waals surface area (Å²) < 4.78 is 84.7. The average Bonchev–Trinajstić information content (AvgIpc) is 3.18. The van der Waals surface area contributed by atoms with Gasteiger partial charge >= 0.3 is 47.9 Å². The zero-order chi connectivity index (χ0) is 43.6. The van der Waals surface area contributed by atoms with Gasteiger partial charge in [-0.1, -0.05) is 133 Å². The van der Waals surface area contributed by atoms with Gasteiger partial charge in [0.1, 0.15) is 5.82 Å². The van der Waals surface area contributed by atoms with Crippen LogP contribution < -0.4 is 27.3 Å². The predicted octanol–water partition coefficient (Wildman–Crippen LogP) is 0.162. The molecule has 6 aromatic rings. The lowest BCUT2D eigenvalue weighted by Gasteiger charge is -2.11. The molecule has 10 N–H and O–H groups in total. The Bertz CT molecular complexity index is 2070. The molecule has 10 nitrogen and oxygen atoms in total. The number of hydrogen-bond donors (Lipinski definition) is 10. The number of halogens is 7. The van der Waals surface area contributed by atoms with E-state index >= 15 is 0 Å². The van der Waals surface area contributed by atoms with Gasteiger partial charge in [0, 0.05) is 0 Å². The van der Waals surface area contributed by atoms with E-state index in [2.05, 4.69) is 0 Å². The van der Waals surface area contributed by atoms with Gasteiger partial charge < -0.3 is 50.2 Å². The molecule has 0 bridgehead atoms. The lowest BCUT2D eigenvalue weighted by atomic mass is 9.77. The maximum atomic E-state index is 12.2. The van der Waals surface area contributed by atoms with E-state index in [0.717, 1.165) is 47.2 Å². The number of benzene rings is 6. The molecule has 0 amide bonds. The second-order valence-electron chi connectivity index (χ2n) is 11.6. The van der Waals surface area contributed by atoms with Crippen molar-refractivity contribution in [2.45, 2.75) is 12.4 Å². The maximum Gasteiger partial charge on any atom is 0.489 e. The fourth-order valence-electron chi connectivity index (χ4n) is 4.56. The van der Waals surface area contributed by atoms with Gasteiger partial charge in [0.05, 0.1) is 11.1 Å². The predicted molar refractivity (Wildman–Crippen MR) is 209 cm³/mol. The lowest BCUT2D eigenvalue weighted by molar-refractivity contribution is -0.138. The Morgan fingerprint density at radius 1 is 0.345 bits per heavy atom. The molecule has 0 aliphatic heterocycles. The molecule has 0 aliphatic rings. The second kappa shape index (κ2) is 23.4. The third-order valence-corrected chi connectivity index (χ3v) is 7.45. The highest BCUT2D eigenvalue weighted by molar-refractivity contribution is 6.62. The molecule has 0 atom stereocenters. The average molecular weight is 814 g/mol. The van der Waals surface area contributed by atoms with Crippen LogP contribution in [0.4, 0.5) is 30.7 Å². The zero-order valence-electron chi connectivity index (χ0n) is 29.9. The first kappa shape index (κ1) is 49.2. The number of rotatable bonds is 5. The molecule has 22 heteroatoms. The highest BCUT2D eigenvalue weighted by Gasteiger charge is 2.35. The Balaban J connectivity index is 0.000000252. The smallest absolute Gasteiger partial charge is 0.423 e. The molecule has 0 unspecified atom stereocenters. The van der Waals surface area contributed by atoms with Crippen molar-refractivity contribution >= 4 is 73.7 Å². The summed E-state index contributed by atoms with van der Waals surface area (Å²) in [6, 6.07) is 34.7. The Labute approximate surface area is 329 Å². The van der Waals surface area contributed by atoms with Gasteiger partial charge in [-0.2, -0.15) is 26.3 Å². The van der Waals surface area contributed by atoms with Crippen molar-refractivity contribution in [3.8, 4) is 0 Å². The summed E-state index contributed by atoms with van der Waals surface area (Å²) in [4.78, 5) is 0. The van der Waals surface area contributed by atoms with E-state index in [4.69, 9.17) is 50.2 Å². The van der Waals surface area contributed by atoms with Gasteiger partial charge in [-0.3, -0.25) is 0 Å². The van der Waals surface area contributed by atoms with Crippen molar-refractivity contribution in [1.29, 1.82) is 0 Å². The van der Waals surface area contributed by atoms with Crippen molar-refractivity contribution in [2.75, 3.05) is 0 Å². The first-order chi connectivity index (χ1) is 27.1. The van der Waals surface area contributed by atoms with Gasteiger partial charge in [0.25, 0.3) is 0 Å². The minimum Gasteiger partial charge on any atom is -0.423 e. The summed E-state index contributed by atoms with van der Waals surface area (Å²) in [5, 5.41) is 88.7. The van der Waals surface area contributed by atoms with Crippen LogP contribution in [-0.2, 0) is 12.4 Å². The molecule has 0 aliphatic carbocycles. The zero-order valence-corrected chi connectivity index (χ0v) is 29.9. The fraction of sp³-hybridized carbons (Fsp3) is 0.0556. The quantitative estimate of drug-likeness (QED) is 0.0845. The first-order valence-corrected chi connectivity index (χ1v) is 16.6. The van der Waals surface area contributed by atoms with Crippen LogP contribution in [0.1, 0.15) is 11.1 Å². The van der Waals surface area contributed by atoms with Crippen LogP contribution in [0.25, 0.3) is 10.8 Å². The van der Waals surface area contributed by atoms with E-state index in [0.29, 0.717) is 16.4 Å². The lowest BCUT2D eigenvalue weighted by Crippen LogP contribution is -2.35. The largest absolute Gasteiger partial charge is 0.489 e. The molecular weight excluding hydrogens is 779 g/mol. The topological polar surface area (TPSA) is 202 Å².